The Hall–Kier alpha value is -3.36. The molecular weight excluding hydrogens is 431 g/mol. The molecule has 3 rings (SSSR count). The molecule has 30 heavy (non-hydrogen) atoms. The fraction of sp³-hybridized carbons (Fsp3) is 0.100. The summed E-state index contributed by atoms with van der Waals surface area (Å²) in [4.78, 5) is 14.0. The minimum atomic E-state index is -0.523. The van der Waals surface area contributed by atoms with Gasteiger partial charge < -0.3 is 9.47 Å². The molecule has 1 aromatic heterocycles. The van der Waals surface area contributed by atoms with Crippen LogP contribution >= 0.6 is 23.2 Å². The van der Waals surface area contributed by atoms with E-state index in [1.807, 2.05) is 12.1 Å². The van der Waals surface area contributed by atoms with Crippen molar-refractivity contribution in [2.45, 2.75) is 6.61 Å². The zero-order valence-corrected chi connectivity index (χ0v) is 17.2. The van der Waals surface area contributed by atoms with Gasteiger partial charge in [0.15, 0.2) is 11.5 Å². The molecule has 0 fully saturated rings. The quantitative estimate of drug-likeness (QED) is 0.285. The van der Waals surface area contributed by atoms with Crippen molar-refractivity contribution in [3.05, 3.63) is 86.0 Å². The number of hydrazone groups is 1. The maximum Gasteiger partial charge on any atom is 0.287 e. The van der Waals surface area contributed by atoms with Gasteiger partial charge in [0.05, 0.1) is 23.3 Å². The topological polar surface area (TPSA) is 98.9 Å². The molecule has 0 atom stereocenters. The summed E-state index contributed by atoms with van der Waals surface area (Å²) in [6.07, 6.45) is 2.66. The van der Waals surface area contributed by atoms with Crippen LogP contribution in [0.25, 0.3) is 0 Å². The van der Waals surface area contributed by atoms with E-state index in [0.717, 1.165) is 11.8 Å². The highest BCUT2D eigenvalue weighted by atomic mass is 35.5. The first-order valence-electron chi connectivity index (χ1n) is 8.60. The van der Waals surface area contributed by atoms with Gasteiger partial charge in [-0.15, -0.1) is 0 Å². The van der Waals surface area contributed by atoms with Crippen molar-refractivity contribution in [2.24, 2.45) is 5.10 Å². The molecule has 0 spiro atoms. The van der Waals surface area contributed by atoms with Gasteiger partial charge in [-0.05, 0) is 41.5 Å². The molecule has 0 aliphatic heterocycles. The fourth-order valence-corrected chi connectivity index (χ4v) is 2.82. The lowest BCUT2D eigenvalue weighted by Crippen LogP contribution is -2.00. The van der Waals surface area contributed by atoms with E-state index in [9.17, 15) is 10.1 Å². The van der Waals surface area contributed by atoms with Crippen LogP contribution in [0.3, 0.4) is 0 Å². The number of benzene rings is 2. The number of rotatable bonds is 8. The Morgan fingerprint density at radius 3 is 2.60 bits per heavy atom. The molecule has 0 aliphatic rings. The number of methoxy groups -OCH3 is 1. The van der Waals surface area contributed by atoms with E-state index in [1.54, 1.807) is 24.3 Å². The fourth-order valence-electron chi connectivity index (χ4n) is 2.42. The lowest BCUT2D eigenvalue weighted by Gasteiger charge is -2.13. The van der Waals surface area contributed by atoms with E-state index in [-0.39, 0.29) is 5.69 Å². The number of nitrogens with zero attached hydrogens (tertiary/aromatic N) is 3. The molecule has 154 valence electrons. The van der Waals surface area contributed by atoms with E-state index in [0.29, 0.717) is 39.5 Å². The molecule has 0 amide bonds. The highest BCUT2D eigenvalue weighted by Gasteiger charge is 2.12. The summed E-state index contributed by atoms with van der Waals surface area (Å²) in [5.41, 5.74) is 4.18. The SMILES string of the molecule is COc1cc(/C=N/Nc2ccc([N+](=O)[O-])cn2)cc(Cl)c1OCc1ccc(Cl)cc1. The molecule has 0 saturated carbocycles. The molecule has 0 aliphatic carbocycles. The molecule has 10 heteroatoms. The van der Waals surface area contributed by atoms with Crippen molar-refractivity contribution in [3.63, 3.8) is 0 Å². The highest BCUT2D eigenvalue weighted by molar-refractivity contribution is 6.32. The van der Waals surface area contributed by atoms with Crippen molar-refractivity contribution in [2.75, 3.05) is 12.5 Å². The number of ether oxygens (including phenoxy) is 2. The van der Waals surface area contributed by atoms with E-state index in [1.165, 1.54) is 25.5 Å². The maximum absolute atomic E-state index is 10.6. The van der Waals surface area contributed by atoms with Gasteiger partial charge in [0.25, 0.3) is 5.69 Å². The van der Waals surface area contributed by atoms with Crippen LogP contribution in [0.5, 0.6) is 11.5 Å². The lowest BCUT2D eigenvalue weighted by atomic mass is 10.2. The third-order valence-electron chi connectivity index (χ3n) is 3.90. The Morgan fingerprint density at radius 2 is 1.97 bits per heavy atom. The van der Waals surface area contributed by atoms with E-state index >= 15 is 0 Å². The number of pyridine rings is 1. The molecule has 0 unspecified atom stereocenters. The molecule has 0 bridgehead atoms. The van der Waals surface area contributed by atoms with Crippen LogP contribution in [0.2, 0.25) is 10.0 Å². The lowest BCUT2D eigenvalue weighted by molar-refractivity contribution is -0.385. The van der Waals surface area contributed by atoms with Gasteiger partial charge in [-0.3, -0.25) is 15.5 Å². The summed E-state index contributed by atoms with van der Waals surface area (Å²) < 4.78 is 11.2. The van der Waals surface area contributed by atoms with Gasteiger partial charge >= 0.3 is 0 Å². The van der Waals surface area contributed by atoms with Crippen molar-refractivity contribution < 1.29 is 14.4 Å². The number of halogens is 2. The number of anilines is 1. The Labute approximate surface area is 182 Å². The van der Waals surface area contributed by atoms with Crippen molar-refractivity contribution in [3.8, 4) is 11.5 Å². The van der Waals surface area contributed by atoms with E-state index in [2.05, 4.69) is 15.5 Å². The largest absolute Gasteiger partial charge is 0.493 e. The zero-order chi connectivity index (χ0) is 21.5. The molecule has 1 heterocycles. The van der Waals surface area contributed by atoms with Crippen LogP contribution in [0, 0.1) is 10.1 Å². The Morgan fingerprint density at radius 1 is 1.20 bits per heavy atom. The second kappa shape index (κ2) is 9.91. The number of nitrogens with one attached hydrogen (secondary N) is 1. The normalized spacial score (nSPS) is 10.8. The third kappa shape index (κ3) is 5.59. The van der Waals surface area contributed by atoms with Crippen molar-refractivity contribution in [1.29, 1.82) is 0 Å². The summed E-state index contributed by atoms with van der Waals surface area (Å²) in [6.45, 7) is 0.300. The number of aromatic nitrogens is 1. The Balaban J connectivity index is 1.68. The number of hydrogen-bond acceptors (Lipinski definition) is 7. The van der Waals surface area contributed by atoms with E-state index in [4.69, 9.17) is 32.7 Å². The molecule has 8 nitrogen and oxygen atoms in total. The van der Waals surface area contributed by atoms with Crippen molar-refractivity contribution >= 4 is 40.9 Å². The smallest absolute Gasteiger partial charge is 0.287 e. The van der Waals surface area contributed by atoms with Gasteiger partial charge in [0.1, 0.15) is 18.6 Å². The Bertz CT molecular complexity index is 1060. The van der Waals surface area contributed by atoms with Crippen molar-refractivity contribution in [1.82, 2.24) is 4.98 Å². The van der Waals surface area contributed by atoms with Crippen LogP contribution in [-0.2, 0) is 6.61 Å². The van der Waals surface area contributed by atoms with Gasteiger partial charge in [0, 0.05) is 11.1 Å². The molecule has 0 saturated heterocycles. The zero-order valence-electron chi connectivity index (χ0n) is 15.7. The summed E-state index contributed by atoms with van der Waals surface area (Å²) in [6, 6.07) is 13.5. The van der Waals surface area contributed by atoms with Crippen LogP contribution < -0.4 is 14.9 Å². The standard InChI is InChI=1S/C20H16Cl2N4O4/c1-29-18-9-14(10-24-25-19-7-6-16(11-23-19)26(27)28)8-17(22)20(18)30-12-13-2-4-15(21)5-3-13/h2-11H,12H2,1H3,(H,23,25)/b24-10+. The monoisotopic (exact) mass is 446 g/mol. The average Bonchev–Trinajstić information content (AvgIpc) is 2.74. The van der Waals surface area contributed by atoms with Gasteiger partial charge in [-0.1, -0.05) is 35.3 Å². The van der Waals surface area contributed by atoms with Gasteiger partial charge in [-0.2, -0.15) is 5.10 Å². The summed E-state index contributed by atoms with van der Waals surface area (Å²) in [7, 11) is 1.51. The van der Waals surface area contributed by atoms with Gasteiger partial charge in [0.2, 0.25) is 0 Å². The minimum absolute atomic E-state index is 0.102. The summed E-state index contributed by atoms with van der Waals surface area (Å²) in [5.74, 6) is 1.22. The molecule has 0 radical (unpaired) electrons. The third-order valence-corrected chi connectivity index (χ3v) is 4.43. The summed E-state index contributed by atoms with van der Waals surface area (Å²) >= 11 is 12.3. The second-order valence-electron chi connectivity index (χ2n) is 5.98. The first-order valence-corrected chi connectivity index (χ1v) is 9.36. The van der Waals surface area contributed by atoms with Crippen LogP contribution in [0.1, 0.15) is 11.1 Å². The predicted molar refractivity (Wildman–Crippen MR) is 116 cm³/mol. The average molecular weight is 447 g/mol. The van der Waals surface area contributed by atoms with Crippen LogP contribution in [0.15, 0.2) is 59.8 Å². The minimum Gasteiger partial charge on any atom is -0.493 e. The maximum atomic E-state index is 10.6. The van der Waals surface area contributed by atoms with Crippen LogP contribution in [0.4, 0.5) is 11.5 Å². The molecule has 1 N–H and O–H groups in total. The first kappa shape index (κ1) is 21.4. The number of hydrogen-bond donors (Lipinski definition) is 1. The predicted octanol–water partition coefficient (Wildman–Crippen LogP) is 5.33. The number of nitro groups is 1. The van der Waals surface area contributed by atoms with Gasteiger partial charge in [-0.25, -0.2) is 4.98 Å². The second-order valence-corrected chi connectivity index (χ2v) is 6.82. The molecule has 2 aromatic carbocycles. The molecular formula is C20H16Cl2N4O4. The summed E-state index contributed by atoms with van der Waals surface area (Å²) in [5, 5.41) is 15.7. The highest BCUT2D eigenvalue weighted by Crippen LogP contribution is 2.36. The van der Waals surface area contributed by atoms with E-state index < -0.39 is 4.92 Å². The van der Waals surface area contributed by atoms with Crippen LogP contribution in [-0.4, -0.2) is 23.2 Å². The first-order chi connectivity index (χ1) is 14.5. The molecule has 3 aromatic rings. The Kier molecular flexibility index (Phi) is 7.05.